The first-order valence-electron chi connectivity index (χ1n) is 8.73. The van der Waals surface area contributed by atoms with Crippen LogP contribution in [0.2, 0.25) is 0 Å². The molecule has 1 atom stereocenters. The van der Waals surface area contributed by atoms with Gasteiger partial charge in [-0.05, 0) is 55.6 Å². The smallest absolute Gasteiger partial charge is 0.123 e. The van der Waals surface area contributed by atoms with E-state index < -0.39 is 0 Å². The van der Waals surface area contributed by atoms with Crippen molar-refractivity contribution in [3.63, 3.8) is 0 Å². The molecule has 0 saturated heterocycles. The Morgan fingerprint density at radius 2 is 1.46 bits per heavy atom. The zero-order valence-electron chi connectivity index (χ0n) is 14.9. The molecule has 0 aliphatic carbocycles. The fourth-order valence-corrected chi connectivity index (χ4v) is 3.65. The highest BCUT2D eigenvalue weighted by Gasteiger charge is 2.24. The van der Waals surface area contributed by atoms with E-state index in [2.05, 4.69) is 66.4 Å². The number of nitrogens with one attached hydrogen (secondary N) is 1. The summed E-state index contributed by atoms with van der Waals surface area (Å²) in [6, 6.07) is 25.6. The van der Waals surface area contributed by atoms with Crippen molar-refractivity contribution < 1.29 is 4.39 Å². The molecule has 0 aliphatic heterocycles. The fourth-order valence-electron chi connectivity index (χ4n) is 3.65. The Bertz CT molecular complexity index is 1020. The maximum atomic E-state index is 13.4. The lowest BCUT2D eigenvalue weighted by atomic mass is 9.93. The number of nitrogens with zero attached hydrogens (tertiary/aromatic N) is 1. The maximum absolute atomic E-state index is 13.4. The van der Waals surface area contributed by atoms with Crippen LogP contribution in [0, 0.1) is 5.82 Å². The molecule has 0 spiro atoms. The molecule has 0 radical (unpaired) electrons. The van der Waals surface area contributed by atoms with Crippen LogP contribution in [-0.2, 0) is 0 Å². The predicted molar refractivity (Wildman–Crippen MR) is 106 cm³/mol. The van der Waals surface area contributed by atoms with Gasteiger partial charge in [0.1, 0.15) is 5.82 Å². The van der Waals surface area contributed by atoms with Gasteiger partial charge in [-0.3, -0.25) is 4.90 Å². The van der Waals surface area contributed by atoms with Gasteiger partial charge in [-0.1, -0.05) is 48.5 Å². The monoisotopic (exact) mass is 344 g/mol. The van der Waals surface area contributed by atoms with Crippen LogP contribution < -0.4 is 0 Å². The number of rotatable bonds is 4. The molecule has 1 heterocycles. The molecule has 3 aromatic carbocycles. The second-order valence-electron chi connectivity index (χ2n) is 6.74. The van der Waals surface area contributed by atoms with Crippen LogP contribution in [0.4, 0.5) is 4.39 Å². The lowest BCUT2D eigenvalue weighted by Gasteiger charge is -2.26. The van der Waals surface area contributed by atoms with Crippen LogP contribution in [0.25, 0.3) is 22.2 Å². The third kappa shape index (κ3) is 2.91. The molecule has 0 saturated carbocycles. The van der Waals surface area contributed by atoms with E-state index in [-0.39, 0.29) is 11.9 Å². The first kappa shape index (κ1) is 16.6. The van der Waals surface area contributed by atoms with Gasteiger partial charge in [-0.2, -0.15) is 0 Å². The molecule has 130 valence electrons. The molecule has 0 amide bonds. The quantitative estimate of drug-likeness (QED) is 0.509. The Morgan fingerprint density at radius 1 is 0.808 bits per heavy atom. The highest BCUT2D eigenvalue weighted by Crippen LogP contribution is 2.39. The van der Waals surface area contributed by atoms with Crippen molar-refractivity contribution in [2.45, 2.75) is 6.04 Å². The molecule has 3 heteroatoms. The summed E-state index contributed by atoms with van der Waals surface area (Å²) in [6.45, 7) is 0. The number of para-hydroxylation sites is 1. The SMILES string of the molecule is CN(C)C(c1ccccc1)c1c(-c2ccc(F)cc2)[nH]c2ccccc12. The summed E-state index contributed by atoms with van der Waals surface area (Å²) < 4.78 is 13.4. The van der Waals surface area contributed by atoms with E-state index in [9.17, 15) is 4.39 Å². The van der Waals surface area contributed by atoms with Gasteiger partial charge in [0.25, 0.3) is 0 Å². The molecule has 1 aromatic heterocycles. The number of hydrogen-bond acceptors (Lipinski definition) is 1. The molecular formula is C23H21FN2. The molecular weight excluding hydrogens is 323 g/mol. The predicted octanol–water partition coefficient (Wildman–Crippen LogP) is 5.63. The third-order valence-electron chi connectivity index (χ3n) is 4.78. The molecule has 2 nitrogen and oxygen atoms in total. The average Bonchev–Trinajstić information content (AvgIpc) is 3.03. The van der Waals surface area contributed by atoms with E-state index in [1.54, 1.807) is 0 Å². The van der Waals surface area contributed by atoms with Crippen molar-refractivity contribution in [1.29, 1.82) is 0 Å². The summed E-state index contributed by atoms with van der Waals surface area (Å²) in [5.41, 5.74) is 5.55. The van der Waals surface area contributed by atoms with Crippen molar-refractivity contribution in [2.24, 2.45) is 0 Å². The number of fused-ring (bicyclic) bond motifs is 1. The van der Waals surface area contributed by atoms with Gasteiger partial charge in [-0.15, -0.1) is 0 Å². The van der Waals surface area contributed by atoms with E-state index in [0.29, 0.717) is 0 Å². The molecule has 0 fully saturated rings. The Morgan fingerprint density at radius 3 is 2.15 bits per heavy atom. The number of hydrogen-bond donors (Lipinski definition) is 1. The average molecular weight is 344 g/mol. The van der Waals surface area contributed by atoms with Gasteiger partial charge < -0.3 is 4.98 Å². The number of halogens is 1. The van der Waals surface area contributed by atoms with E-state index in [4.69, 9.17) is 0 Å². The lowest BCUT2D eigenvalue weighted by Crippen LogP contribution is -2.21. The van der Waals surface area contributed by atoms with Gasteiger partial charge in [0.15, 0.2) is 0 Å². The van der Waals surface area contributed by atoms with Gasteiger partial charge in [-0.25, -0.2) is 4.39 Å². The fraction of sp³-hybridized carbons (Fsp3) is 0.130. The number of aromatic nitrogens is 1. The van der Waals surface area contributed by atoms with E-state index in [0.717, 1.165) is 16.8 Å². The standard InChI is InChI=1S/C23H21FN2/c1-26(2)23(17-8-4-3-5-9-17)21-19-10-6-7-11-20(19)25-22(21)16-12-14-18(24)15-13-16/h3-15,23,25H,1-2H3. The zero-order chi connectivity index (χ0) is 18.1. The van der Waals surface area contributed by atoms with Crippen LogP contribution in [0.15, 0.2) is 78.9 Å². The lowest BCUT2D eigenvalue weighted by molar-refractivity contribution is 0.344. The highest BCUT2D eigenvalue weighted by molar-refractivity contribution is 5.91. The zero-order valence-corrected chi connectivity index (χ0v) is 14.9. The molecule has 4 aromatic rings. The van der Waals surface area contributed by atoms with Gasteiger partial charge in [0.2, 0.25) is 0 Å². The summed E-state index contributed by atoms with van der Waals surface area (Å²) in [5.74, 6) is -0.223. The normalized spacial score (nSPS) is 12.6. The molecule has 26 heavy (non-hydrogen) atoms. The Labute approximate surface area is 152 Å². The summed E-state index contributed by atoms with van der Waals surface area (Å²) >= 11 is 0. The second-order valence-corrected chi connectivity index (χ2v) is 6.74. The summed E-state index contributed by atoms with van der Waals surface area (Å²) in [4.78, 5) is 5.78. The molecule has 0 bridgehead atoms. The van der Waals surface area contributed by atoms with Crippen LogP contribution in [0.1, 0.15) is 17.2 Å². The second kappa shape index (κ2) is 6.77. The summed E-state index contributed by atoms with van der Waals surface area (Å²) in [5, 5.41) is 1.19. The largest absolute Gasteiger partial charge is 0.354 e. The first-order chi connectivity index (χ1) is 12.6. The van der Waals surface area contributed by atoms with Crippen molar-refractivity contribution in [2.75, 3.05) is 14.1 Å². The minimum absolute atomic E-state index is 0.0902. The Hall–Kier alpha value is -2.91. The van der Waals surface area contributed by atoms with Crippen molar-refractivity contribution in [3.8, 4) is 11.3 Å². The Balaban J connectivity index is 2.00. The third-order valence-corrected chi connectivity index (χ3v) is 4.78. The van der Waals surface area contributed by atoms with E-state index in [1.165, 1.54) is 28.6 Å². The van der Waals surface area contributed by atoms with Crippen molar-refractivity contribution >= 4 is 10.9 Å². The van der Waals surface area contributed by atoms with Crippen LogP contribution in [-0.4, -0.2) is 24.0 Å². The van der Waals surface area contributed by atoms with Crippen molar-refractivity contribution in [1.82, 2.24) is 9.88 Å². The van der Waals surface area contributed by atoms with Gasteiger partial charge >= 0.3 is 0 Å². The Kier molecular flexibility index (Phi) is 4.31. The number of aromatic amines is 1. The number of H-pyrrole nitrogens is 1. The molecule has 1 unspecified atom stereocenters. The van der Waals surface area contributed by atoms with Crippen LogP contribution in [0.3, 0.4) is 0 Å². The van der Waals surface area contributed by atoms with Crippen LogP contribution in [0.5, 0.6) is 0 Å². The first-order valence-corrected chi connectivity index (χ1v) is 8.73. The highest BCUT2D eigenvalue weighted by atomic mass is 19.1. The van der Waals surface area contributed by atoms with Crippen molar-refractivity contribution in [3.05, 3.63) is 95.8 Å². The molecule has 4 rings (SSSR count). The minimum atomic E-state index is -0.223. The van der Waals surface area contributed by atoms with Gasteiger partial charge in [0, 0.05) is 16.5 Å². The van der Waals surface area contributed by atoms with Crippen LogP contribution >= 0.6 is 0 Å². The molecule has 1 N–H and O–H groups in total. The topological polar surface area (TPSA) is 19.0 Å². The molecule has 0 aliphatic rings. The maximum Gasteiger partial charge on any atom is 0.123 e. The number of benzene rings is 3. The van der Waals surface area contributed by atoms with Gasteiger partial charge in [0.05, 0.1) is 11.7 Å². The summed E-state index contributed by atoms with van der Waals surface area (Å²) in [7, 11) is 4.18. The summed E-state index contributed by atoms with van der Waals surface area (Å²) in [6.07, 6.45) is 0. The minimum Gasteiger partial charge on any atom is -0.354 e. The van der Waals surface area contributed by atoms with E-state index in [1.807, 2.05) is 24.3 Å². The van der Waals surface area contributed by atoms with E-state index >= 15 is 0 Å².